The number of halogens is 2. The topological polar surface area (TPSA) is 41.5 Å². The summed E-state index contributed by atoms with van der Waals surface area (Å²) in [6.07, 6.45) is 0. The smallest absolute Gasteiger partial charge is 0.267 e. The van der Waals surface area contributed by atoms with Crippen molar-refractivity contribution in [2.75, 3.05) is 0 Å². The number of carbonyl (C=O) groups is 1. The number of amides is 1. The van der Waals surface area contributed by atoms with Gasteiger partial charge in [-0.3, -0.25) is 4.79 Å². The number of hydrogen-bond acceptors (Lipinski definition) is 3. The van der Waals surface area contributed by atoms with E-state index >= 15 is 0 Å². The van der Waals surface area contributed by atoms with Crippen LogP contribution in [0.15, 0.2) is 35.4 Å². The molecule has 3 nitrogen and oxygen atoms in total. The maximum Gasteiger partial charge on any atom is 0.272 e. The summed E-state index contributed by atoms with van der Waals surface area (Å²) in [7, 11) is 0. The summed E-state index contributed by atoms with van der Waals surface area (Å²) in [6, 6.07) is 8.69. The van der Waals surface area contributed by atoms with E-state index in [0.29, 0.717) is 15.6 Å². The minimum atomic E-state index is -0.362. The van der Waals surface area contributed by atoms with Crippen LogP contribution in [0.25, 0.3) is 0 Å². The maximum absolute atomic E-state index is 12.0. The summed E-state index contributed by atoms with van der Waals surface area (Å²) in [5.41, 5.74) is 3.59. The highest BCUT2D eigenvalue weighted by Gasteiger charge is 2.10. The van der Waals surface area contributed by atoms with Crippen molar-refractivity contribution in [3.05, 3.63) is 55.7 Å². The third-order valence-corrected chi connectivity index (χ3v) is 4.26. The van der Waals surface area contributed by atoms with Gasteiger partial charge in [-0.05, 0) is 44.2 Å². The Morgan fingerprint density at radius 1 is 1.25 bits per heavy atom. The molecule has 104 valence electrons. The molecule has 0 saturated carbocycles. The molecular weight excluding hydrogens is 315 g/mol. The first-order valence-corrected chi connectivity index (χ1v) is 7.41. The lowest BCUT2D eigenvalue weighted by molar-refractivity contribution is 0.0955. The van der Waals surface area contributed by atoms with Crippen LogP contribution in [0.4, 0.5) is 0 Å². The molecule has 0 bridgehead atoms. The lowest BCUT2D eigenvalue weighted by Crippen LogP contribution is -2.19. The number of carbonyl (C=O) groups excluding carboxylic acids is 1. The first kappa shape index (κ1) is 15.0. The third kappa shape index (κ3) is 3.60. The van der Waals surface area contributed by atoms with E-state index in [1.165, 1.54) is 10.9 Å². The molecule has 0 radical (unpaired) electrons. The summed E-state index contributed by atoms with van der Waals surface area (Å²) in [5.74, 6) is -0.362. The Labute approximate surface area is 131 Å². The number of nitrogens with zero attached hydrogens (tertiary/aromatic N) is 1. The average Bonchev–Trinajstić information content (AvgIpc) is 2.82. The van der Waals surface area contributed by atoms with Crippen molar-refractivity contribution in [3.8, 4) is 0 Å². The standard InChI is InChI=1S/C14H12Cl2N2OS/c1-8-3-6-13(20-8)9(2)17-18-14(19)11-5-4-10(15)7-12(11)16/h3-7H,1-2H3,(H,18,19)/b17-9+. The van der Waals surface area contributed by atoms with Crippen LogP contribution in [0.1, 0.15) is 27.0 Å². The number of aryl methyl sites for hydroxylation is 1. The molecule has 1 aromatic heterocycles. The summed E-state index contributed by atoms with van der Waals surface area (Å²) in [4.78, 5) is 14.2. The molecule has 0 unspecified atom stereocenters. The van der Waals surface area contributed by atoms with Gasteiger partial charge in [0.1, 0.15) is 0 Å². The van der Waals surface area contributed by atoms with Crippen molar-refractivity contribution in [1.82, 2.24) is 5.43 Å². The fourth-order valence-corrected chi connectivity index (χ4v) is 2.86. The lowest BCUT2D eigenvalue weighted by Gasteiger charge is -2.04. The number of benzene rings is 1. The van der Waals surface area contributed by atoms with Crippen molar-refractivity contribution < 1.29 is 4.79 Å². The predicted octanol–water partition coefficient (Wildman–Crippen LogP) is 4.52. The number of hydrogen-bond donors (Lipinski definition) is 1. The second-order valence-electron chi connectivity index (χ2n) is 4.17. The van der Waals surface area contributed by atoms with Gasteiger partial charge in [-0.1, -0.05) is 23.2 Å². The van der Waals surface area contributed by atoms with Gasteiger partial charge in [-0.2, -0.15) is 5.10 Å². The van der Waals surface area contributed by atoms with Gasteiger partial charge in [0.15, 0.2) is 0 Å². The largest absolute Gasteiger partial charge is 0.272 e. The van der Waals surface area contributed by atoms with Crippen LogP contribution < -0.4 is 5.43 Å². The number of thiophene rings is 1. The molecule has 0 aliphatic heterocycles. The SMILES string of the molecule is C/C(=N\NC(=O)c1ccc(Cl)cc1Cl)c1ccc(C)s1. The zero-order valence-corrected chi connectivity index (χ0v) is 13.2. The van der Waals surface area contributed by atoms with E-state index in [9.17, 15) is 4.79 Å². The van der Waals surface area contributed by atoms with Gasteiger partial charge in [-0.25, -0.2) is 5.43 Å². The van der Waals surface area contributed by atoms with Gasteiger partial charge in [0.25, 0.3) is 5.91 Å². The molecule has 1 heterocycles. The molecule has 0 aliphatic carbocycles. The molecule has 0 aliphatic rings. The highest BCUT2D eigenvalue weighted by Crippen LogP contribution is 2.21. The molecule has 6 heteroatoms. The zero-order valence-electron chi connectivity index (χ0n) is 10.9. The zero-order chi connectivity index (χ0) is 14.7. The minimum Gasteiger partial charge on any atom is -0.267 e. The molecular formula is C14H12Cl2N2OS. The van der Waals surface area contributed by atoms with Crippen LogP contribution >= 0.6 is 34.5 Å². The molecule has 0 spiro atoms. The molecule has 20 heavy (non-hydrogen) atoms. The summed E-state index contributed by atoms with van der Waals surface area (Å²) in [6.45, 7) is 3.86. The highest BCUT2D eigenvalue weighted by atomic mass is 35.5. The summed E-state index contributed by atoms with van der Waals surface area (Å²) in [5, 5.41) is 4.87. The van der Waals surface area contributed by atoms with Crippen LogP contribution in [-0.2, 0) is 0 Å². The van der Waals surface area contributed by atoms with Gasteiger partial charge in [0.05, 0.1) is 21.2 Å². The normalized spacial score (nSPS) is 11.5. The molecule has 1 amide bonds. The van der Waals surface area contributed by atoms with E-state index in [1.807, 2.05) is 26.0 Å². The van der Waals surface area contributed by atoms with Crippen molar-refractivity contribution in [1.29, 1.82) is 0 Å². The molecule has 1 aromatic carbocycles. The number of nitrogens with one attached hydrogen (secondary N) is 1. The molecule has 0 fully saturated rings. The van der Waals surface area contributed by atoms with Crippen molar-refractivity contribution >= 4 is 46.2 Å². The van der Waals surface area contributed by atoms with Crippen molar-refractivity contribution in [3.63, 3.8) is 0 Å². The van der Waals surface area contributed by atoms with Crippen LogP contribution in [0, 0.1) is 6.92 Å². The maximum atomic E-state index is 12.0. The van der Waals surface area contributed by atoms with Crippen LogP contribution in [-0.4, -0.2) is 11.6 Å². The van der Waals surface area contributed by atoms with E-state index in [-0.39, 0.29) is 5.91 Å². The predicted molar refractivity (Wildman–Crippen MR) is 85.2 cm³/mol. The Bertz CT molecular complexity index is 680. The fourth-order valence-electron chi connectivity index (χ4n) is 1.55. The van der Waals surface area contributed by atoms with E-state index in [4.69, 9.17) is 23.2 Å². The van der Waals surface area contributed by atoms with Gasteiger partial charge in [-0.15, -0.1) is 11.3 Å². The Kier molecular flexibility index (Phi) is 4.81. The molecule has 0 saturated heterocycles. The second kappa shape index (κ2) is 6.39. The molecule has 0 atom stereocenters. The third-order valence-electron chi connectivity index (χ3n) is 2.60. The minimum absolute atomic E-state index is 0.301. The van der Waals surface area contributed by atoms with Gasteiger partial charge in [0, 0.05) is 9.90 Å². The van der Waals surface area contributed by atoms with Gasteiger partial charge >= 0.3 is 0 Å². The Hall–Kier alpha value is -1.36. The van der Waals surface area contributed by atoms with Crippen molar-refractivity contribution in [2.45, 2.75) is 13.8 Å². The monoisotopic (exact) mass is 326 g/mol. The average molecular weight is 327 g/mol. The Morgan fingerprint density at radius 3 is 2.60 bits per heavy atom. The van der Waals surface area contributed by atoms with Crippen molar-refractivity contribution in [2.24, 2.45) is 5.10 Å². The van der Waals surface area contributed by atoms with E-state index in [2.05, 4.69) is 10.5 Å². The highest BCUT2D eigenvalue weighted by molar-refractivity contribution is 7.14. The molecule has 1 N–H and O–H groups in total. The number of rotatable bonds is 3. The van der Waals surface area contributed by atoms with Gasteiger partial charge < -0.3 is 0 Å². The number of hydrazone groups is 1. The van der Waals surface area contributed by atoms with Crippen LogP contribution in [0.2, 0.25) is 10.0 Å². The van der Waals surface area contributed by atoms with E-state index < -0.39 is 0 Å². The lowest BCUT2D eigenvalue weighted by atomic mass is 10.2. The quantitative estimate of drug-likeness (QED) is 0.654. The van der Waals surface area contributed by atoms with Gasteiger partial charge in [0.2, 0.25) is 0 Å². The van der Waals surface area contributed by atoms with E-state index in [0.717, 1.165) is 10.6 Å². The van der Waals surface area contributed by atoms with Crippen LogP contribution in [0.5, 0.6) is 0 Å². The Morgan fingerprint density at radius 2 is 2.00 bits per heavy atom. The second-order valence-corrected chi connectivity index (χ2v) is 6.30. The Balaban J connectivity index is 2.12. The van der Waals surface area contributed by atoms with E-state index in [1.54, 1.807) is 23.5 Å². The first-order valence-electron chi connectivity index (χ1n) is 5.84. The van der Waals surface area contributed by atoms with Crippen LogP contribution in [0.3, 0.4) is 0 Å². The molecule has 2 rings (SSSR count). The summed E-state index contributed by atoms with van der Waals surface area (Å²) >= 11 is 13.4. The summed E-state index contributed by atoms with van der Waals surface area (Å²) < 4.78 is 0. The fraction of sp³-hybridized carbons (Fsp3) is 0.143. The molecule has 2 aromatic rings. The first-order chi connectivity index (χ1) is 9.47.